The van der Waals surface area contributed by atoms with Crippen molar-refractivity contribution in [3.05, 3.63) is 0 Å². The minimum absolute atomic E-state index is 0. The van der Waals surface area contributed by atoms with Crippen molar-refractivity contribution >= 4 is 65.2 Å². The van der Waals surface area contributed by atoms with Crippen LogP contribution in [-0.2, 0) is 13.9 Å². The molecule has 0 aromatic heterocycles. The van der Waals surface area contributed by atoms with E-state index in [9.17, 15) is 9.36 Å². The Hall–Kier alpha value is 1.18. The predicted molar refractivity (Wildman–Crippen MR) is 40.8 cm³/mol. The molecular weight excluding hydrogens is 216 g/mol. The van der Waals surface area contributed by atoms with Gasteiger partial charge in [-0.25, -0.2) is 4.57 Å². The molecule has 9 heteroatoms. The molecule has 0 aliphatic carbocycles. The van der Waals surface area contributed by atoms with Crippen molar-refractivity contribution in [1.82, 2.24) is 0 Å². The molecule has 0 saturated heterocycles. The van der Waals surface area contributed by atoms with Crippen LogP contribution in [0.4, 0.5) is 0 Å². The van der Waals surface area contributed by atoms with E-state index in [-0.39, 0.29) is 51.4 Å². The molecule has 0 fully saturated rings. The van der Waals surface area contributed by atoms with Crippen LogP contribution in [0.15, 0.2) is 0 Å². The summed E-state index contributed by atoms with van der Waals surface area (Å²) >= 11 is 0. The Kier molecular flexibility index (Phi) is 8.61. The molecule has 5 N–H and O–H groups in total. The van der Waals surface area contributed by atoms with Crippen LogP contribution in [0.5, 0.6) is 0 Å². The molecule has 0 rings (SSSR count). The third-order valence-corrected chi connectivity index (χ3v) is 1.22. The first-order valence-electron chi connectivity index (χ1n) is 2.51. The first kappa shape index (κ1) is 15.6. The molecule has 1 unspecified atom stereocenters. The minimum atomic E-state index is -4.60. The maximum atomic E-state index is 9.98. The first-order chi connectivity index (χ1) is 4.83. The van der Waals surface area contributed by atoms with Crippen LogP contribution in [0.1, 0.15) is 0 Å². The average Bonchev–Trinajstić information content (AvgIpc) is 1.80. The Bertz CT molecular complexity index is 191. The van der Waals surface area contributed by atoms with E-state index in [4.69, 9.17) is 20.6 Å². The van der Waals surface area contributed by atoms with Gasteiger partial charge in [0.25, 0.3) is 0 Å². The molecular formula is C3H9KNO6P. The molecule has 0 aromatic rings. The van der Waals surface area contributed by atoms with E-state index in [1.165, 1.54) is 0 Å². The molecule has 0 amide bonds. The van der Waals surface area contributed by atoms with Crippen molar-refractivity contribution in [3.8, 4) is 0 Å². The van der Waals surface area contributed by atoms with Crippen molar-refractivity contribution in [2.45, 2.75) is 6.04 Å². The summed E-state index contributed by atoms with van der Waals surface area (Å²) in [4.78, 5) is 26.1. The fourth-order valence-electron chi connectivity index (χ4n) is 0.249. The van der Waals surface area contributed by atoms with Crippen LogP contribution in [0.25, 0.3) is 0 Å². The number of aliphatic carboxylic acids is 1. The molecule has 0 bridgehead atoms. The Balaban J connectivity index is 0. The van der Waals surface area contributed by atoms with Crippen LogP contribution < -0.4 is 5.73 Å². The number of hydrogen-bond acceptors (Lipinski definition) is 4. The molecule has 68 valence electrons. The topological polar surface area (TPSA) is 130 Å². The van der Waals surface area contributed by atoms with Crippen molar-refractivity contribution < 1.29 is 28.8 Å². The summed E-state index contributed by atoms with van der Waals surface area (Å²) in [5, 5.41) is 8.12. The summed E-state index contributed by atoms with van der Waals surface area (Å²) in [5.74, 6) is -1.38. The van der Waals surface area contributed by atoms with Crippen molar-refractivity contribution in [2.24, 2.45) is 5.73 Å². The number of rotatable bonds is 4. The van der Waals surface area contributed by atoms with E-state index in [0.717, 1.165) is 0 Å². The Morgan fingerprint density at radius 1 is 1.58 bits per heavy atom. The van der Waals surface area contributed by atoms with Gasteiger partial charge < -0.3 is 20.6 Å². The van der Waals surface area contributed by atoms with Crippen LogP contribution in [-0.4, -0.2) is 84.9 Å². The van der Waals surface area contributed by atoms with Gasteiger partial charge in [-0.3, -0.25) is 9.32 Å². The van der Waals surface area contributed by atoms with Gasteiger partial charge in [-0.2, -0.15) is 0 Å². The van der Waals surface area contributed by atoms with Gasteiger partial charge >= 0.3 is 65.2 Å². The molecule has 0 spiro atoms. The summed E-state index contributed by atoms with van der Waals surface area (Å²) in [6.45, 7) is -0.709. The van der Waals surface area contributed by atoms with Crippen LogP contribution >= 0.6 is 7.82 Å². The average molecular weight is 225 g/mol. The standard InChI is InChI=1S/C3H8NO6P.K.H/c4-2(3(5)6)1-10-11(7,8)9;;/h2H,1,4H2,(H,5,6)(H2,7,8,9);;. The van der Waals surface area contributed by atoms with E-state index in [2.05, 4.69) is 4.52 Å². The first-order valence-corrected chi connectivity index (χ1v) is 4.04. The molecule has 0 aliphatic rings. The SMILES string of the molecule is NC(COP(=O)(O)O)C(=O)O.[KH]. The molecule has 0 aliphatic heterocycles. The molecule has 0 saturated carbocycles. The van der Waals surface area contributed by atoms with Gasteiger partial charge in [0.15, 0.2) is 0 Å². The van der Waals surface area contributed by atoms with Gasteiger partial charge in [0.05, 0.1) is 6.61 Å². The van der Waals surface area contributed by atoms with Gasteiger partial charge in [-0.05, 0) is 0 Å². The number of carbonyl (C=O) groups is 1. The molecule has 0 heterocycles. The maximum absolute atomic E-state index is 9.98. The van der Waals surface area contributed by atoms with Crippen molar-refractivity contribution in [3.63, 3.8) is 0 Å². The second-order valence-corrected chi connectivity index (χ2v) is 2.97. The summed E-state index contributed by atoms with van der Waals surface area (Å²) in [7, 11) is -4.60. The second-order valence-electron chi connectivity index (χ2n) is 1.73. The van der Waals surface area contributed by atoms with Gasteiger partial charge in [-0.15, -0.1) is 0 Å². The van der Waals surface area contributed by atoms with Crippen LogP contribution in [0.3, 0.4) is 0 Å². The van der Waals surface area contributed by atoms with Gasteiger partial charge in [0.2, 0.25) is 0 Å². The zero-order chi connectivity index (χ0) is 9.07. The summed E-state index contributed by atoms with van der Waals surface area (Å²) in [5.41, 5.74) is 4.86. The Labute approximate surface area is 111 Å². The summed E-state index contributed by atoms with van der Waals surface area (Å²) < 4.78 is 13.8. The van der Waals surface area contributed by atoms with Gasteiger partial charge in [0.1, 0.15) is 6.04 Å². The number of hydrogen-bond donors (Lipinski definition) is 4. The molecule has 1 atom stereocenters. The van der Waals surface area contributed by atoms with Crippen LogP contribution in [0.2, 0.25) is 0 Å². The van der Waals surface area contributed by atoms with Gasteiger partial charge in [0, 0.05) is 0 Å². The monoisotopic (exact) mass is 225 g/mol. The van der Waals surface area contributed by atoms with E-state index in [0.29, 0.717) is 0 Å². The molecule has 0 aromatic carbocycles. The van der Waals surface area contributed by atoms with Crippen molar-refractivity contribution in [1.29, 1.82) is 0 Å². The Morgan fingerprint density at radius 3 is 2.25 bits per heavy atom. The van der Waals surface area contributed by atoms with Gasteiger partial charge in [-0.1, -0.05) is 0 Å². The molecule has 0 radical (unpaired) electrons. The Morgan fingerprint density at radius 2 is 2.00 bits per heavy atom. The zero-order valence-corrected chi connectivity index (χ0v) is 6.27. The fourth-order valence-corrected chi connectivity index (χ4v) is 0.603. The molecule has 7 nitrogen and oxygen atoms in total. The number of carboxylic acid groups (broad SMARTS) is 1. The zero-order valence-electron chi connectivity index (χ0n) is 5.38. The van der Waals surface area contributed by atoms with E-state index in [1.54, 1.807) is 0 Å². The number of phosphoric acid groups is 1. The van der Waals surface area contributed by atoms with E-state index >= 15 is 0 Å². The third kappa shape index (κ3) is 9.27. The quantitative estimate of drug-likeness (QED) is 0.317. The predicted octanol–water partition coefficient (Wildman–Crippen LogP) is -2.14. The summed E-state index contributed by atoms with van der Waals surface area (Å²) in [6, 6.07) is -1.41. The van der Waals surface area contributed by atoms with Crippen LogP contribution in [0, 0.1) is 0 Å². The fraction of sp³-hybridized carbons (Fsp3) is 0.667. The number of carboxylic acids is 1. The summed E-state index contributed by atoms with van der Waals surface area (Å²) in [6.07, 6.45) is 0. The van der Waals surface area contributed by atoms with E-state index < -0.39 is 26.4 Å². The second kappa shape index (κ2) is 6.60. The molecule has 12 heavy (non-hydrogen) atoms. The van der Waals surface area contributed by atoms with E-state index in [1.807, 2.05) is 0 Å². The third-order valence-electron chi connectivity index (χ3n) is 0.739. The number of nitrogens with two attached hydrogens (primary N) is 1. The normalized spacial score (nSPS) is 13.2. The number of phosphoric ester groups is 1. The van der Waals surface area contributed by atoms with Crippen molar-refractivity contribution in [2.75, 3.05) is 6.61 Å².